The van der Waals surface area contributed by atoms with E-state index in [4.69, 9.17) is 5.11 Å². The fraction of sp³-hybridized carbons (Fsp3) is 0.556. The van der Waals surface area contributed by atoms with E-state index in [0.29, 0.717) is 0 Å². The molecule has 14 heavy (non-hydrogen) atoms. The Labute approximate surface area is 92.1 Å². The minimum atomic E-state index is 0.211. The van der Waals surface area contributed by atoms with Crippen LogP contribution in [0.1, 0.15) is 13.3 Å². The van der Waals surface area contributed by atoms with E-state index >= 15 is 0 Å². The van der Waals surface area contributed by atoms with Gasteiger partial charge in [0, 0.05) is 25.8 Å². The molecule has 0 aliphatic rings. The van der Waals surface area contributed by atoms with Crippen LogP contribution in [0.4, 0.5) is 5.82 Å². The maximum absolute atomic E-state index is 8.74. The molecule has 1 aromatic heterocycles. The molecule has 0 fully saturated rings. The predicted octanol–water partition coefficient (Wildman–Crippen LogP) is 1.45. The van der Waals surface area contributed by atoms with E-state index in [1.807, 2.05) is 6.07 Å². The van der Waals surface area contributed by atoms with Crippen LogP contribution in [0.3, 0.4) is 0 Å². The van der Waals surface area contributed by atoms with E-state index in [1.165, 1.54) is 6.33 Å². The summed E-state index contributed by atoms with van der Waals surface area (Å²) < 4.78 is 0.782. The number of hydrogen-bond acceptors (Lipinski definition) is 4. The van der Waals surface area contributed by atoms with E-state index in [1.54, 1.807) is 0 Å². The molecule has 0 saturated heterocycles. The second-order valence-electron chi connectivity index (χ2n) is 2.86. The van der Waals surface area contributed by atoms with Crippen molar-refractivity contribution in [2.75, 3.05) is 24.6 Å². The molecule has 1 aromatic rings. The minimum Gasteiger partial charge on any atom is -0.396 e. The molecule has 0 bridgehead atoms. The topological polar surface area (TPSA) is 49.2 Å². The molecule has 0 radical (unpaired) electrons. The third-order valence-electron chi connectivity index (χ3n) is 1.91. The van der Waals surface area contributed by atoms with Crippen molar-refractivity contribution in [3.05, 3.63) is 17.0 Å². The highest BCUT2D eigenvalue weighted by Crippen LogP contribution is 2.14. The van der Waals surface area contributed by atoms with Crippen molar-refractivity contribution in [2.24, 2.45) is 0 Å². The Morgan fingerprint density at radius 3 is 2.86 bits per heavy atom. The molecule has 5 heteroatoms. The van der Waals surface area contributed by atoms with Crippen LogP contribution < -0.4 is 4.90 Å². The fourth-order valence-electron chi connectivity index (χ4n) is 1.19. The van der Waals surface area contributed by atoms with Crippen LogP contribution in [0.25, 0.3) is 0 Å². The van der Waals surface area contributed by atoms with Gasteiger partial charge in [-0.3, -0.25) is 0 Å². The molecule has 4 nitrogen and oxygen atoms in total. The number of aliphatic hydroxyl groups excluding tert-OH is 1. The van der Waals surface area contributed by atoms with Gasteiger partial charge in [-0.2, -0.15) is 0 Å². The van der Waals surface area contributed by atoms with Crippen molar-refractivity contribution in [3.8, 4) is 0 Å². The normalized spacial score (nSPS) is 10.2. The van der Waals surface area contributed by atoms with E-state index in [2.05, 4.69) is 37.7 Å². The Morgan fingerprint density at radius 1 is 1.50 bits per heavy atom. The third kappa shape index (κ3) is 3.23. The second kappa shape index (κ2) is 5.93. The summed E-state index contributed by atoms with van der Waals surface area (Å²) in [5, 5.41) is 8.74. The zero-order chi connectivity index (χ0) is 10.4. The molecular weight excluding hydrogens is 246 g/mol. The van der Waals surface area contributed by atoms with Gasteiger partial charge < -0.3 is 10.0 Å². The molecule has 0 amide bonds. The van der Waals surface area contributed by atoms with Gasteiger partial charge in [-0.1, -0.05) is 0 Å². The van der Waals surface area contributed by atoms with Gasteiger partial charge in [0.2, 0.25) is 0 Å². The fourth-order valence-corrected chi connectivity index (χ4v) is 1.49. The van der Waals surface area contributed by atoms with Gasteiger partial charge >= 0.3 is 0 Å². The quantitative estimate of drug-likeness (QED) is 0.814. The average molecular weight is 260 g/mol. The van der Waals surface area contributed by atoms with Crippen LogP contribution in [0.2, 0.25) is 0 Å². The van der Waals surface area contributed by atoms with Crippen molar-refractivity contribution in [1.82, 2.24) is 9.97 Å². The lowest BCUT2D eigenvalue weighted by molar-refractivity contribution is 0.289. The van der Waals surface area contributed by atoms with Crippen molar-refractivity contribution in [1.29, 1.82) is 0 Å². The number of rotatable bonds is 5. The Kier molecular flexibility index (Phi) is 4.82. The standard InChI is InChI=1S/C9H14BrN3O/c1-2-13(4-3-5-14)9-6-8(10)11-7-12-9/h6-7,14H,2-5H2,1H3. The first-order valence-electron chi connectivity index (χ1n) is 4.61. The zero-order valence-corrected chi connectivity index (χ0v) is 9.74. The molecule has 0 atom stereocenters. The Hall–Kier alpha value is -0.680. The second-order valence-corrected chi connectivity index (χ2v) is 3.67. The smallest absolute Gasteiger partial charge is 0.133 e. The van der Waals surface area contributed by atoms with Crippen molar-refractivity contribution in [3.63, 3.8) is 0 Å². The first-order valence-corrected chi connectivity index (χ1v) is 5.40. The van der Waals surface area contributed by atoms with Crippen LogP contribution in [-0.4, -0.2) is 34.8 Å². The molecule has 0 aliphatic carbocycles. The summed E-state index contributed by atoms with van der Waals surface area (Å²) in [6.07, 6.45) is 2.29. The summed E-state index contributed by atoms with van der Waals surface area (Å²) in [5.74, 6) is 0.892. The average Bonchev–Trinajstić information content (AvgIpc) is 2.19. The van der Waals surface area contributed by atoms with Gasteiger partial charge in [0.1, 0.15) is 16.7 Å². The molecule has 0 aromatic carbocycles. The largest absolute Gasteiger partial charge is 0.396 e. The zero-order valence-electron chi connectivity index (χ0n) is 8.15. The summed E-state index contributed by atoms with van der Waals surface area (Å²) in [5.41, 5.74) is 0. The number of aromatic nitrogens is 2. The van der Waals surface area contributed by atoms with Gasteiger partial charge in [-0.15, -0.1) is 0 Å². The number of halogens is 1. The highest BCUT2D eigenvalue weighted by atomic mass is 79.9. The van der Waals surface area contributed by atoms with Crippen molar-refractivity contribution >= 4 is 21.7 Å². The monoisotopic (exact) mass is 259 g/mol. The van der Waals surface area contributed by atoms with Gasteiger partial charge in [0.25, 0.3) is 0 Å². The van der Waals surface area contributed by atoms with Gasteiger partial charge in [-0.25, -0.2) is 9.97 Å². The van der Waals surface area contributed by atoms with Crippen LogP contribution >= 0.6 is 15.9 Å². The first kappa shape index (κ1) is 11.4. The van der Waals surface area contributed by atoms with Crippen LogP contribution in [0.5, 0.6) is 0 Å². The Balaban J connectivity index is 2.68. The number of anilines is 1. The van der Waals surface area contributed by atoms with Crippen LogP contribution in [-0.2, 0) is 0 Å². The molecule has 0 saturated carbocycles. The molecular formula is C9H14BrN3O. The predicted molar refractivity (Wildman–Crippen MR) is 59.3 cm³/mol. The summed E-state index contributed by atoms with van der Waals surface area (Å²) >= 11 is 3.30. The molecule has 1 heterocycles. The van der Waals surface area contributed by atoms with Gasteiger partial charge in [0.05, 0.1) is 0 Å². The minimum absolute atomic E-state index is 0.211. The lowest BCUT2D eigenvalue weighted by Crippen LogP contribution is -2.25. The summed E-state index contributed by atoms with van der Waals surface area (Å²) in [7, 11) is 0. The van der Waals surface area contributed by atoms with Crippen LogP contribution in [0.15, 0.2) is 17.0 Å². The van der Waals surface area contributed by atoms with Gasteiger partial charge in [-0.05, 0) is 29.3 Å². The summed E-state index contributed by atoms with van der Waals surface area (Å²) in [6.45, 7) is 3.97. The van der Waals surface area contributed by atoms with E-state index in [0.717, 1.165) is 29.9 Å². The SMILES string of the molecule is CCN(CCCO)c1cc(Br)ncn1. The molecule has 0 spiro atoms. The summed E-state index contributed by atoms with van der Waals surface area (Å²) in [6, 6.07) is 1.88. The third-order valence-corrected chi connectivity index (χ3v) is 2.34. The van der Waals surface area contributed by atoms with E-state index < -0.39 is 0 Å². The van der Waals surface area contributed by atoms with Crippen LogP contribution in [0, 0.1) is 0 Å². The number of nitrogens with zero attached hydrogens (tertiary/aromatic N) is 3. The number of aliphatic hydroxyl groups is 1. The first-order chi connectivity index (χ1) is 6.77. The molecule has 78 valence electrons. The van der Waals surface area contributed by atoms with E-state index in [-0.39, 0.29) is 6.61 Å². The maximum Gasteiger partial charge on any atom is 0.133 e. The van der Waals surface area contributed by atoms with E-state index in [9.17, 15) is 0 Å². The molecule has 1 N–H and O–H groups in total. The summed E-state index contributed by atoms with van der Waals surface area (Å²) in [4.78, 5) is 10.2. The molecule has 0 unspecified atom stereocenters. The lowest BCUT2D eigenvalue weighted by atomic mass is 10.4. The molecule has 0 aliphatic heterocycles. The number of hydrogen-bond donors (Lipinski definition) is 1. The van der Waals surface area contributed by atoms with Crippen molar-refractivity contribution < 1.29 is 5.11 Å². The Bertz CT molecular complexity index is 283. The Morgan fingerprint density at radius 2 is 2.29 bits per heavy atom. The molecule has 1 rings (SSSR count). The lowest BCUT2D eigenvalue weighted by Gasteiger charge is -2.21. The highest BCUT2D eigenvalue weighted by Gasteiger charge is 2.05. The van der Waals surface area contributed by atoms with Gasteiger partial charge in [0.15, 0.2) is 0 Å². The highest BCUT2D eigenvalue weighted by molar-refractivity contribution is 9.10. The maximum atomic E-state index is 8.74. The van der Waals surface area contributed by atoms with Crippen molar-refractivity contribution in [2.45, 2.75) is 13.3 Å².